The molecule has 0 spiro atoms. The van der Waals surface area contributed by atoms with Gasteiger partial charge in [-0.25, -0.2) is 0 Å². The van der Waals surface area contributed by atoms with Crippen LogP contribution in [-0.2, 0) is 22.7 Å². The number of benzene rings is 3. The van der Waals surface area contributed by atoms with E-state index in [0.29, 0.717) is 16.3 Å². The average molecular weight is 500 g/mol. The van der Waals surface area contributed by atoms with Crippen molar-refractivity contribution in [3.63, 3.8) is 0 Å². The van der Waals surface area contributed by atoms with Crippen molar-refractivity contribution in [2.45, 2.75) is 19.1 Å². The van der Waals surface area contributed by atoms with Crippen molar-refractivity contribution in [3.05, 3.63) is 131 Å². The van der Waals surface area contributed by atoms with Crippen molar-refractivity contribution < 1.29 is 14.3 Å². The number of hydrogen-bond acceptors (Lipinski definition) is 4. The molecule has 0 unspecified atom stereocenters. The van der Waals surface area contributed by atoms with E-state index in [4.69, 9.17) is 16.3 Å². The third kappa shape index (κ3) is 6.93. The molecule has 6 nitrogen and oxygen atoms in total. The highest BCUT2D eigenvalue weighted by molar-refractivity contribution is 6.30. The molecule has 3 aromatic carbocycles. The third-order valence-electron chi connectivity index (χ3n) is 5.54. The van der Waals surface area contributed by atoms with Crippen molar-refractivity contribution in [3.8, 4) is 5.75 Å². The predicted molar refractivity (Wildman–Crippen MR) is 139 cm³/mol. The van der Waals surface area contributed by atoms with Gasteiger partial charge in [0.05, 0.1) is 12.2 Å². The Balaban J connectivity index is 1.62. The standard InChI is InChI=1S/C29H26ClN3O3/c30-24-16-14-22(15-17-24)20-33(27(34)21-36-26-12-5-2-6-13-26)28(23-9-3-1-4-10-23)29(35)32-19-25-11-7-8-18-31-25/h1-18,28H,19-21H2,(H,32,35)/t28-/m1/s1. The Morgan fingerprint density at radius 3 is 2.19 bits per heavy atom. The summed E-state index contributed by atoms with van der Waals surface area (Å²) in [6.07, 6.45) is 1.67. The molecule has 1 atom stereocenters. The lowest BCUT2D eigenvalue weighted by molar-refractivity contribution is -0.143. The van der Waals surface area contributed by atoms with E-state index in [-0.39, 0.29) is 31.5 Å². The Morgan fingerprint density at radius 2 is 1.53 bits per heavy atom. The summed E-state index contributed by atoms with van der Waals surface area (Å²) in [7, 11) is 0. The molecule has 0 fully saturated rings. The average Bonchev–Trinajstić information content (AvgIpc) is 2.93. The molecule has 4 aromatic rings. The molecule has 0 aliphatic carbocycles. The molecule has 182 valence electrons. The number of amides is 2. The summed E-state index contributed by atoms with van der Waals surface area (Å²) in [5, 5.41) is 3.54. The van der Waals surface area contributed by atoms with Crippen LogP contribution in [0.1, 0.15) is 22.9 Å². The summed E-state index contributed by atoms with van der Waals surface area (Å²) in [6, 6.07) is 30.2. The van der Waals surface area contributed by atoms with E-state index in [1.165, 1.54) is 4.90 Å². The Morgan fingerprint density at radius 1 is 0.861 bits per heavy atom. The number of pyridine rings is 1. The molecule has 0 aliphatic rings. The summed E-state index contributed by atoms with van der Waals surface area (Å²) < 4.78 is 5.75. The first-order valence-electron chi connectivity index (χ1n) is 11.5. The quantitative estimate of drug-likeness (QED) is 0.325. The maximum absolute atomic E-state index is 13.6. The zero-order valence-electron chi connectivity index (χ0n) is 19.6. The number of hydrogen-bond donors (Lipinski definition) is 1. The maximum Gasteiger partial charge on any atom is 0.261 e. The number of ether oxygens (including phenoxy) is 1. The predicted octanol–water partition coefficient (Wildman–Crippen LogP) is 5.20. The zero-order valence-corrected chi connectivity index (χ0v) is 20.3. The molecule has 7 heteroatoms. The van der Waals surface area contributed by atoms with E-state index in [2.05, 4.69) is 10.3 Å². The Labute approximate surface area is 215 Å². The molecule has 0 saturated heterocycles. The monoisotopic (exact) mass is 499 g/mol. The molecule has 0 radical (unpaired) electrons. The first-order chi connectivity index (χ1) is 17.6. The van der Waals surface area contributed by atoms with Gasteiger partial charge in [0.15, 0.2) is 6.61 Å². The van der Waals surface area contributed by atoms with Crippen LogP contribution in [0.3, 0.4) is 0 Å². The van der Waals surface area contributed by atoms with Gasteiger partial charge in [-0.05, 0) is 47.5 Å². The summed E-state index contributed by atoms with van der Waals surface area (Å²) in [6.45, 7) is 0.228. The summed E-state index contributed by atoms with van der Waals surface area (Å²) >= 11 is 6.07. The molecule has 0 bridgehead atoms. The second-order valence-electron chi connectivity index (χ2n) is 8.10. The largest absolute Gasteiger partial charge is 0.484 e. The number of para-hydroxylation sites is 1. The van der Waals surface area contributed by atoms with E-state index in [0.717, 1.165) is 11.3 Å². The van der Waals surface area contributed by atoms with Crippen LogP contribution in [-0.4, -0.2) is 28.3 Å². The second kappa shape index (κ2) is 12.5. The van der Waals surface area contributed by atoms with Crippen molar-refractivity contribution in [1.82, 2.24) is 15.2 Å². The van der Waals surface area contributed by atoms with Gasteiger partial charge >= 0.3 is 0 Å². The molecular weight excluding hydrogens is 474 g/mol. The zero-order chi connectivity index (χ0) is 25.2. The fraction of sp³-hybridized carbons (Fsp3) is 0.138. The number of carbonyl (C=O) groups is 2. The fourth-order valence-electron chi connectivity index (χ4n) is 3.74. The first-order valence-corrected chi connectivity index (χ1v) is 11.9. The van der Waals surface area contributed by atoms with E-state index in [1.807, 2.05) is 78.9 Å². The van der Waals surface area contributed by atoms with Crippen LogP contribution in [0.15, 0.2) is 109 Å². The SMILES string of the molecule is O=C(NCc1ccccn1)[C@@H](c1ccccc1)N(Cc1ccc(Cl)cc1)C(=O)COc1ccccc1. The lowest BCUT2D eigenvalue weighted by atomic mass is 10.0. The normalized spacial score (nSPS) is 11.4. The number of nitrogens with one attached hydrogen (secondary N) is 1. The van der Waals surface area contributed by atoms with E-state index in [1.54, 1.807) is 30.5 Å². The minimum absolute atomic E-state index is 0.199. The van der Waals surface area contributed by atoms with Gasteiger partial charge in [-0.15, -0.1) is 0 Å². The number of halogens is 1. The highest BCUT2D eigenvalue weighted by Crippen LogP contribution is 2.25. The van der Waals surface area contributed by atoms with Crippen LogP contribution < -0.4 is 10.1 Å². The van der Waals surface area contributed by atoms with Crippen LogP contribution in [0, 0.1) is 0 Å². The van der Waals surface area contributed by atoms with Crippen LogP contribution in [0.5, 0.6) is 5.75 Å². The Bertz CT molecular complexity index is 1250. The molecule has 0 saturated carbocycles. The summed E-state index contributed by atoms with van der Waals surface area (Å²) in [5.41, 5.74) is 2.25. The van der Waals surface area contributed by atoms with Crippen molar-refractivity contribution >= 4 is 23.4 Å². The van der Waals surface area contributed by atoms with Gasteiger partial charge in [0.1, 0.15) is 11.8 Å². The van der Waals surface area contributed by atoms with Crippen molar-refractivity contribution in [2.24, 2.45) is 0 Å². The molecule has 1 N–H and O–H groups in total. The molecule has 4 rings (SSSR count). The van der Waals surface area contributed by atoms with Gasteiger partial charge in [-0.2, -0.15) is 0 Å². The maximum atomic E-state index is 13.6. The van der Waals surface area contributed by atoms with E-state index < -0.39 is 6.04 Å². The molecule has 1 heterocycles. The van der Waals surface area contributed by atoms with Crippen LogP contribution >= 0.6 is 11.6 Å². The number of rotatable bonds is 10. The molecule has 0 aliphatic heterocycles. The first kappa shape index (κ1) is 24.9. The lowest BCUT2D eigenvalue weighted by Crippen LogP contribution is -2.45. The number of nitrogens with zero attached hydrogens (tertiary/aromatic N) is 2. The topological polar surface area (TPSA) is 71.5 Å². The van der Waals surface area contributed by atoms with Gasteiger partial charge in [-0.1, -0.05) is 78.3 Å². The molecular formula is C29H26ClN3O3. The van der Waals surface area contributed by atoms with Gasteiger partial charge in [-0.3, -0.25) is 14.6 Å². The highest BCUT2D eigenvalue weighted by atomic mass is 35.5. The smallest absolute Gasteiger partial charge is 0.261 e. The fourth-order valence-corrected chi connectivity index (χ4v) is 3.87. The van der Waals surface area contributed by atoms with Gasteiger partial charge in [0, 0.05) is 17.8 Å². The number of aromatic nitrogens is 1. The van der Waals surface area contributed by atoms with Crippen LogP contribution in [0.4, 0.5) is 0 Å². The Hall–Kier alpha value is -4.16. The van der Waals surface area contributed by atoms with Crippen molar-refractivity contribution in [1.29, 1.82) is 0 Å². The third-order valence-corrected chi connectivity index (χ3v) is 5.79. The molecule has 1 aromatic heterocycles. The summed E-state index contributed by atoms with van der Waals surface area (Å²) in [5.74, 6) is -0.0577. The second-order valence-corrected chi connectivity index (χ2v) is 8.54. The Kier molecular flexibility index (Phi) is 8.67. The summed E-state index contributed by atoms with van der Waals surface area (Å²) in [4.78, 5) is 33.0. The highest BCUT2D eigenvalue weighted by Gasteiger charge is 2.31. The van der Waals surface area contributed by atoms with Gasteiger partial charge < -0.3 is 15.0 Å². The van der Waals surface area contributed by atoms with E-state index in [9.17, 15) is 9.59 Å². The minimum atomic E-state index is -0.877. The van der Waals surface area contributed by atoms with Crippen LogP contribution in [0.2, 0.25) is 5.02 Å². The van der Waals surface area contributed by atoms with Gasteiger partial charge in [0.25, 0.3) is 5.91 Å². The lowest BCUT2D eigenvalue weighted by Gasteiger charge is -2.31. The van der Waals surface area contributed by atoms with Gasteiger partial charge in [0.2, 0.25) is 5.91 Å². The van der Waals surface area contributed by atoms with Crippen LogP contribution in [0.25, 0.3) is 0 Å². The minimum Gasteiger partial charge on any atom is -0.484 e. The van der Waals surface area contributed by atoms with E-state index >= 15 is 0 Å². The molecule has 36 heavy (non-hydrogen) atoms. The molecule has 2 amide bonds. The number of carbonyl (C=O) groups excluding carboxylic acids is 2. The van der Waals surface area contributed by atoms with Crippen molar-refractivity contribution in [2.75, 3.05) is 6.61 Å².